The van der Waals surface area contributed by atoms with Gasteiger partial charge in [-0.1, -0.05) is 41.1 Å². The summed E-state index contributed by atoms with van der Waals surface area (Å²) in [6.07, 6.45) is 8.50. The SMILES string of the molecule is C/C=C(\C=C/CBr)C1(C)CC2(C1)OCCO2. The predicted molar refractivity (Wildman–Crippen MR) is 68.7 cm³/mol. The molecule has 0 bridgehead atoms. The molecule has 2 nitrogen and oxygen atoms in total. The van der Waals surface area contributed by atoms with Gasteiger partial charge in [0.2, 0.25) is 0 Å². The van der Waals surface area contributed by atoms with E-state index < -0.39 is 0 Å². The van der Waals surface area contributed by atoms with Gasteiger partial charge in [0.25, 0.3) is 0 Å². The zero-order valence-corrected chi connectivity index (χ0v) is 11.5. The molecule has 2 fully saturated rings. The van der Waals surface area contributed by atoms with Crippen molar-refractivity contribution in [1.29, 1.82) is 0 Å². The number of allylic oxidation sites excluding steroid dienone is 4. The molecule has 0 unspecified atom stereocenters. The van der Waals surface area contributed by atoms with Gasteiger partial charge >= 0.3 is 0 Å². The van der Waals surface area contributed by atoms with E-state index in [9.17, 15) is 0 Å². The average molecular weight is 287 g/mol. The summed E-state index contributed by atoms with van der Waals surface area (Å²) < 4.78 is 11.4. The van der Waals surface area contributed by atoms with Gasteiger partial charge in [-0.25, -0.2) is 0 Å². The third-order valence-electron chi connectivity index (χ3n) is 3.53. The Morgan fingerprint density at radius 1 is 1.31 bits per heavy atom. The molecule has 2 rings (SSSR count). The first-order valence-electron chi connectivity index (χ1n) is 5.81. The van der Waals surface area contributed by atoms with Crippen LogP contribution in [-0.2, 0) is 9.47 Å². The molecule has 0 aromatic carbocycles. The number of ether oxygens (including phenoxy) is 2. The van der Waals surface area contributed by atoms with E-state index in [1.54, 1.807) is 0 Å². The number of hydrogen-bond donors (Lipinski definition) is 0. The summed E-state index contributed by atoms with van der Waals surface area (Å²) in [6, 6.07) is 0. The van der Waals surface area contributed by atoms with Crippen molar-refractivity contribution < 1.29 is 9.47 Å². The van der Waals surface area contributed by atoms with Crippen LogP contribution < -0.4 is 0 Å². The second-order valence-corrected chi connectivity index (χ2v) is 5.47. The highest BCUT2D eigenvalue weighted by atomic mass is 79.9. The Morgan fingerprint density at radius 3 is 2.44 bits per heavy atom. The van der Waals surface area contributed by atoms with Gasteiger partial charge in [0.15, 0.2) is 5.79 Å². The van der Waals surface area contributed by atoms with Gasteiger partial charge in [0, 0.05) is 23.6 Å². The van der Waals surface area contributed by atoms with Crippen molar-refractivity contribution in [3.63, 3.8) is 0 Å². The van der Waals surface area contributed by atoms with Crippen molar-refractivity contribution >= 4 is 15.9 Å². The predicted octanol–water partition coefficient (Wildman–Crippen LogP) is 3.43. The molecule has 1 saturated carbocycles. The molecule has 90 valence electrons. The summed E-state index contributed by atoms with van der Waals surface area (Å²) >= 11 is 3.41. The van der Waals surface area contributed by atoms with E-state index in [4.69, 9.17) is 9.47 Å². The van der Waals surface area contributed by atoms with E-state index in [-0.39, 0.29) is 11.2 Å². The second-order valence-electron chi connectivity index (χ2n) is 4.82. The molecule has 0 N–H and O–H groups in total. The van der Waals surface area contributed by atoms with Crippen LogP contribution in [0.1, 0.15) is 26.7 Å². The van der Waals surface area contributed by atoms with Gasteiger partial charge in [-0.2, -0.15) is 0 Å². The summed E-state index contributed by atoms with van der Waals surface area (Å²) in [4.78, 5) is 0. The summed E-state index contributed by atoms with van der Waals surface area (Å²) in [5, 5.41) is 0.901. The molecular weight excluding hydrogens is 268 g/mol. The fraction of sp³-hybridized carbons (Fsp3) is 0.692. The van der Waals surface area contributed by atoms with E-state index in [1.807, 2.05) is 0 Å². The fourth-order valence-corrected chi connectivity index (χ4v) is 3.05. The van der Waals surface area contributed by atoms with Crippen LogP contribution >= 0.6 is 15.9 Å². The minimum Gasteiger partial charge on any atom is -0.347 e. The maximum absolute atomic E-state index is 5.69. The number of hydrogen-bond acceptors (Lipinski definition) is 2. The summed E-state index contributed by atoms with van der Waals surface area (Å²) in [5.74, 6) is -0.259. The van der Waals surface area contributed by atoms with Crippen LogP contribution in [0.3, 0.4) is 0 Å². The summed E-state index contributed by atoms with van der Waals surface area (Å²) in [5.41, 5.74) is 1.61. The highest BCUT2D eigenvalue weighted by Crippen LogP contribution is 2.56. The Hall–Kier alpha value is -0.120. The maximum Gasteiger partial charge on any atom is 0.170 e. The van der Waals surface area contributed by atoms with Crippen molar-refractivity contribution in [3.05, 3.63) is 23.8 Å². The average Bonchev–Trinajstić information content (AvgIpc) is 2.67. The van der Waals surface area contributed by atoms with Gasteiger partial charge < -0.3 is 9.47 Å². The number of rotatable bonds is 3. The van der Waals surface area contributed by atoms with E-state index in [0.717, 1.165) is 31.4 Å². The molecule has 1 heterocycles. The topological polar surface area (TPSA) is 18.5 Å². The van der Waals surface area contributed by atoms with Crippen molar-refractivity contribution in [2.24, 2.45) is 5.41 Å². The monoisotopic (exact) mass is 286 g/mol. The molecule has 16 heavy (non-hydrogen) atoms. The highest BCUT2D eigenvalue weighted by Gasteiger charge is 2.56. The molecule has 2 aliphatic rings. The van der Waals surface area contributed by atoms with Crippen LogP contribution in [-0.4, -0.2) is 24.3 Å². The first kappa shape index (κ1) is 12.3. The highest BCUT2D eigenvalue weighted by molar-refractivity contribution is 9.09. The minimum atomic E-state index is -0.259. The number of alkyl halides is 1. The van der Waals surface area contributed by atoms with Crippen LogP contribution in [0.15, 0.2) is 23.8 Å². The molecule has 0 atom stereocenters. The second kappa shape index (κ2) is 4.63. The zero-order chi connectivity index (χ0) is 11.6. The molecule has 1 aliphatic carbocycles. The minimum absolute atomic E-state index is 0.220. The molecule has 1 spiro atoms. The Labute approximate surface area is 106 Å². The van der Waals surface area contributed by atoms with Gasteiger partial charge in [-0.3, -0.25) is 0 Å². The third-order valence-corrected chi connectivity index (χ3v) is 3.90. The molecule has 0 aromatic heterocycles. The Balaban J connectivity index is 2.02. The van der Waals surface area contributed by atoms with E-state index in [0.29, 0.717) is 0 Å². The van der Waals surface area contributed by atoms with Crippen molar-refractivity contribution in [2.75, 3.05) is 18.5 Å². The molecule has 0 radical (unpaired) electrons. The normalized spacial score (nSPS) is 27.6. The van der Waals surface area contributed by atoms with Gasteiger partial charge in [0.1, 0.15) is 0 Å². The Kier molecular flexibility index (Phi) is 3.57. The van der Waals surface area contributed by atoms with Crippen molar-refractivity contribution in [1.82, 2.24) is 0 Å². The smallest absolute Gasteiger partial charge is 0.170 e. The molecule has 0 amide bonds. The largest absolute Gasteiger partial charge is 0.347 e. The maximum atomic E-state index is 5.69. The molecule has 1 aliphatic heterocycles. The van der Waals surface area contributed by atoms with Gasteiger partial charge in [-0.15, -0.1) is 0 Å². The quantitative estimate of drug-likeness (QED) is 0.585. The first-order chi connectivity index (χ1) is 7.64. The van der Waals surface area contributed by atoms with Crippen LogP contribution in [0.25, 0.3) is 0 Å². The van der Waals surface area contributed by atoms with Crippen LogP contribution in [0.4, 0.5) is 0 Å². The molecule has 1 saturated heterocycles. The summed E-state index contributed by atoms with van der Waals surface area (Å²) in [6.45, 7) is 5.88. The van der Waals surface area contributed by atoms with Crippen LogP contribution in [0.2, 0.25) is 0 Å². The Bertz CT molecular complexity index is 306. The zero-order valence-electron chi connectivity index (χ0n) is 9.96. The first-order valence-corrected chi connectivity index (χ1v) is 6.93. The lowest BCUT2D eigenvalue weighted by molar-refractivity contribution is -0.247. The van der Waals surface area contributed by atoms with E-state index in [1.165, 1.54) is 5.57 Å². The molecular formula is C13H19BrO2. The van der Waals surface area contributed by atoms with E-state index >= 15 is 0 Å². The van der Waals surface area contributed by atoms with Crippen LogP contribution in [0, 0.1) is 5.41 Å². The molecule has 3 heteroatoms. The van der Waals surface area contributed by atoms with Gasteiger partial charge in [0.05, 0.1) is 13.2 Å². The fourth-order valence-electron chi connectivity index (χ4n) is 2.86. The third kappa shape index (κ3) is 2.13. The van der Waals surface area contributed by atoms with Gasteiger partial charge in [-0.05, 0) is 12.5 Å². The number of halogens is 1. The lowest BCUT2D eigenvalue weighted by Crippen LogP contribution is -2.51. The standard InChI is InChI=1S/C13H19BrO2/c1-3-11(5-4-6-14)12(2)9-13(10-12)15-7-8-16-13/h3-5H,6-10H2,1-2H3/b5-4-,11-3+. The Morgan fingerprint density at radius 2 is 1.94 bits per heavy atom. The lowest BCUT2D eigenvalue weighted by atomic mass is 9.61. The summed E-state index contributed by atoms with van der Waals surface area (Å²) in [7, 11) is 0. The molecule has 0 aromatic rings. The lowest BCUT2D eigenvalue weighted by Gasteiger charge is -2.51. The van der Waals surface area contributed by atoms with Crippen LogP contribution in [0.5, 0.6) is 0 Å². The van der Waals surface area contributed by atoms with Crippen molar-refractivity contribution in [2.45, 2.75) is 32.5 Å². The van der Waals surface area contributed by atoms with E-state index in [2.05, 4.69) is 48.0 Å². The van der Waals surface area contributed by atoms with Crippen molar-refractivity contribution in [3.8, 4) is 0 Å².